The SMILES string of the molecule is CNC(CN1CC(=O)N(C)CC1=O)c1ccccc1C. The summed E-state index contributed by atoms with van der Waals surface area (Å²) in [6, 6.07) is 8.13. The van der Waals surface area contributed by atoms with Crippen molar-refractivity contribution >= 4 is 11.8 Å². The number of nitrogens with zero attached hydrogens (tertiary/aromatic N) is 2. The van der Waals surface area contributed by atoms with Crippen molar-refractivity contribution in [3.8, 4) is 0 Å². The number of nitrogens with one attached hydrogen (secondary N) is 1. The highest BCUT2D eigenvalue weighted by Crippen LogP contribution is 2.19. The third-order valence-electron chi connectivity index (χ3n) is 3.79. The molecule has 1 fully saturated rings. The standard InChI is InChI=1S/C15H21N3O2/c1-11-6-4-5-7-12(11)13(16-2)8-18-10-14(19)17(3)9-15(18)20/h4-7,13,16H,8-10H2,1-3H3. The lowest BCUT2D eigenvalue weighted by Crippen LogP contribution is -2.53. The highest BCUT2D eigenvalue weighted by molar-refractivity contribution is 5.92. The molecular formula is C15H21N3O2. The Kier molecular flexibility index (Phi) is 4.39. The Morgan fingerprint density at radius 3 is 2.55 bits per heavy atom. The van der Waals surface area contributed by atoms with Crippen LogP contribution in [-0.4, -0.2) is 55.3 Å². The van der Waals surface area contributed by atoms with E-state index in [0.29, 0.717) is 6.54 Å². The molecule has 0 saturated carbocycles. The fourth-order valence-electron chi connectivity index (χ4n) is 2.47. The molecule has 0 aromatic heterocycles. The molecule has 1 aliphatic heterocycles. The van der Waals surface area contributed by atoms with Crippen molar-refractivity contribution in [3.05, 3.63) is 35.4 Å². The van der Waals surface area contributed by atoms with E-state index in [1.54, 1.807) is 11.9 Å². The summed E-state index contributed by atoms with van der Waals surface area (Å²) in [7, 11) is 3.54. The van der Waals surface area contributed by atoms with Crippen LogP contribution in [-0.2, 0) is 9.59 Å². The first-order valence-corrected chi connectivity index (χ1v) is 6.77. The number of carbonyl (C=O) groups excluding carboxylic acids is 2. The van der Waals surface area contributed by atoms with Gasteiger partial charge in [-0.25, -0.2) is 0 Å². The molecule has 1 aliphatic rings. The van der Waals surface area contributed by atoms with E-state index in [-0.39, 0.29) is 30.9 Å². The first kappa shape index (κ1) is 14.5. The van der Waals surface area contributed by atoms with Crippen LogP contribution in [0.5, 0.6) is 0 Å². The van der Waals surface area contributed by atoms with Crippen LogP contribution in [0, 0.1) is 6.92 Å². The number of carbonyl (C=O) groups is 2. The Labute approximate surface area is 119 Å². The zero-order chi connectivity index (χ0) is 14.7. The topological polar surface area (TPSA) is 52.7 Å². The second-order valence-corrected chi connectivity index (χ2v) is 5.22. The maximum atomic E-state index is 12.0. The third kappa shape index (κ3) is 2.99. The molecule has 0 radical (unpaired) electrons. The van der Waals surface area contributed by atoms with Gasteiger partial charge in [-0.3, -0.25) is 9.59 Å². The van der Waals surface area contributed by atoms with Crippen LogP contribution in [0.2, 0.25) is 0 Å². The van der Waals surface area contributed by atoms with Gasteiger partial charge in [0, 0.05) is 19.6 Å². The van der Waals surface area contributed by atoms with Crippen molar-refractivity contribution in [2.45, 2.75) is 13.0 Å². The molecule has 5 nitrogen and oxygen atoms in total. The zero-order valence-corrected chi connectivity index (χ0v) is 12.2. The van der Waals surface area contributed by atoms with E-state index in [1.807, 2.05) is 19.2 Å². The minimum atomic E-state index is -0.00997. The van der Waals surface area contributed by atoms with Crippen LogP contribution < -0.4 is 5.32 Å². The van der Waals surface area contributed by atoms with E-state index in [0.717, 1.165) is 5.56 Å². The number of hydrogen-bond acceptors (Lipinski definition) is 3. The number of hydrogen-bond donors (Lipinski definition) is 1. The summed E-state index contributed by atoms with van der Waals surface area (Å²) in [5.41, 5.74) is 2.34. The quantitative estimate of drug-likeness (QED) is 0.873. The van der Waals surface area contributed by atoms with Crippen molar-refractivity contribution in [2.75, 3.05) is 33.7 Å². The van der Waals surface area contributed by atoms with Gasteiger partial charge in [0.05, 0.1) is 13.1 Å². The van der Waals surface area contributed by atoms with Gasteiger partial charge in [-0.15, -0.1) is 0 Å². The van der Waals surface area contributed by atoms with Crippen LogP contribution in [0.25, 0.3) is 0 Å². The van der Waals surface area contributed by atoms with Gasteiger partial charge in [-0.2, -0.15) is 0 Å². The molecule has 2 amide bonds. The van der Waals surface area contributed by atoms with Gasteiger partial charge in [0.25, 0.3) is 0 Å². The van der Waals surface area contributed by atoms with Crippen LogP contribution in [0.4, 0.5) is 0 Å². The summed E-state index contributed by atoms with van der Waals surface area (Å²) >= 11 is 0. The molecule has 1 heterocycles. The van der Waals surface area contributed by atoms with Gasteiger partial charge < -0.3 is 15.1 Å². The molecule has 0 aliphatic carbocycles. The van der Waals surface area contributed by atoms with Crippen LogP contribution >= 0.6 is 0 Å². The maximum Gasteiger partial charge on any atom is 0.242 e. The molecule has 20 heavy (non-hydrogen) atoms. The molecular weight excluding hydrogens is 254 g/mol. The van der Waals surface area contributed by atoms with Gasteiger partial charge >= 0.3 is 0 Å². The van der Waals surface area contributed by atoms with Crippen LogP contribution in [0.1, 0.15) is 17.2 Å². The number of rotatable bonds is 4. The Balaban J connectivity index is 2.13. The number of aryl methyl sites for hydroxylation is 1. The Morgan fingerprint density at radius 2 is 1.90 bits per heavy atom. The molecule has 108 valence electrons. The van der Waals surface area contributed by atoms with Crippen molar-refractivity contribution in [1.29, 1.82) is 0 Å². The molecule has 5 heteroatoms. The summed E-state index contributed by atoms with van der Waals surface area (Å²) in [5, 5.41) is 3.23. The van der Waals surface area contributed by atoms with E-state index in [2.05, 4.69) is 24.4 Å². The van der Waals surface area contributed by atoms with Gasteiger partial charge in [-0.1, -0.05) is 24.3 Å². The van der Waals surface area contributed by atoms with Crippen molar-refractivity contribution in [2.24, 2.45) is 0 Å². The predicted octanol–water partition coefficient (Wildman–Crippen LogP) is 0.556. The molecule has 1 N–H and O–H groups in total. The first-order valence-electron chi connectivity index (χ1n) is 6.77. The zero-order valence-electron chi connectivity index (χ0n) is 12.2. The summed E-state index contributed by atoms with van der Waals surface area (Å²) in [6.45, 7) is 2.90. The largest absolute Gasteiger partial charge is 0.335 e. The van der Waals surface area contributed by atoms with Crippen molar-refractivity contribution in [3.63, 3.8) is 0 Å². The van der Waals surface area contributed by atoms with E-state index < -0.39 is 0 Å². The molecule has 2 rings (SSSR count). The van der Waals surface area contributed by atoms with Gasteiger partial charge in [0.2, 0.25) is 11.8 Å². The second-order valence-electron chi connectivity index (χ2n) is 5.22. The lowest BCUT2D eigenvalue weighted by molar-refractivity contribution is -0.149. The average molecular weight is 275 g/mol. The molecule has 1 atom stereocenters. The fourth-order valence-corrected chi connectivity index (χ4v) is 2.47. The Bertz CT molecular complexity index is 516. The lowest BCUT2D eigenvalue weighted by atomic mass is 10.0. The van der Waals surface area contributed by atoms with Crippen LogP contribution in [0.3, 0.4) is 0 Å². The lowest BCUT2D eigenvalue weighted by Gasteiger charge is -2.34. The summed E-state index contributed by atoms with van der Waals surface area (Å²) in [5.74, 6) is -0.00910. The highest BCUT2D eigenvalue weighted by atomic mass is 16.2. The van der Waals surface area contributed by atoms with Crippen LogP contribution in [0.15, 0.2) is 24.3 Å². The molecule has 1 aromatic carbocycles. The van der Waals surface area contributed by atoms with Gasteiger partial charge in [-0.05, 0) is 25.1 Å². The molecule has 0 bridgehead atoms. The van der Waals surface area contributed by atoms with Gasteiger partial charge in [0.1, 0.15) is 0 Å². The minimum Gasteiger partial charge on any atom is -0.335 e. The van der Waals surface area contributed by atoms with Crippen molar-refractivity contribution < 1.29 is 9.59 Å². The van der Waals surface area contributed by atoms with Gasteiger partial charge in [0.15, 0.2) is 0 Å². The van der Waals surface area contributed by atoms with Crippen molar-refractivity contribution in [1.82, 2.24) is 15.1 Å². The number of likely N-dealkylation sites (N-methyl/N-ethyl adjacent to an activating group) is 2. The smallest absolute Gasteiger partial charge is 0.242 e. The monoisotopic (exact) mass is 275 g/mol. The van der Waals surface area contributed by atoms with E-state index in [9.17, 15) is 9.59 Å². The molecule has 1 unspecified atom stereocenters. The summed E-state index contributed by atoms with van der Waals surface area (Å²) < 4.78 is 0. The normalized spacial score (nSPS) is 17.6. The number of amides is 2. The number of piperazine rings is 1. The first-order chi connectivity index (χ1) is 9.52. The Morgan fingerprint density at radius 1 is 1.20 bits per heavy atom. The third-order valence-corrected chi connectivity index (χ3v) is 3.79. The summed E-state index contributed by atoms with van der Waals surface area (Å²) in [6.07, 6.45) is 0. The minimum absolute atomic E-state index is 0.000865. The summed E-state index contributed by atoms with van der Waals surface area (Å²) in [4.78, 5) is 26.9. The Hall–Kier alpha value is -1.88. The average Bonchev–Trinajstić information content (AvgIpc) is 2.42. The van der Waals surface area contributed by atoms with E-state index >= 15 is 0 Å². The molecule has 1 saturated heterocycles. The molecule has 1 aromatic rings. The second kappa shape index (κ2) is 6.05. The molecule has 0 spiro atoms. The number of benzene rings is 1. The predicted molar refractivity (Wildman–Crippen MR) is 77.2 cm³/mol. The highest BCUT2D eigenvalue weighted by Gasteiger charge is 2.29. The van der Waals surface area contributed by atoms with E-state index in [4.69, 9.17) is 0 Å². The fraction of sp³-hybridized carbons (Fsp3) is 0.467. The maximum absolute atomic E-state index is 12.0. The van der Waals surface area contributed by atoms with E-state index in [1.165, 1.54) is 10.5 Å².